The Kier molecular flexibility index (Phi) is 7.19. The summed E-state index contributed by atoms with van der Waals surface area (Å²) in [4.78, 5) is 33.2. The molecule has 0 saturated carbocycles. The molecule has 1 atom stereocenters. The highest BCUT2D eigenvalue weighted by atomic mass is 16.2. The van der Waals surface area contributed by atoms with Crippen LogP contribution in [0.15, 0.2) is 41.3 Å². The van der Waals surface area contributed by atoms with Gasteiger partial charge in [0.15, 0.2) is 0 Å². The Labute approximate surface area is 188 Å². The molecule has 2 aliphatic rings. The van der Waals surface area contributed by atoms with Gasteiger partial charge < -0.3 is 16.0 Å². The highest BCUT2D eigenvalue weighted by Crippen LogP contribution is 2.18. The number of urea groups is 1. The van der Waals surface area contributed by atoms with Crippen molar-refractivity contribution >= 4 is 11.8 Å². The molecule has 0 spiro atoms. The molecule has 3 heterocycles. The summed E-state index contributed by atoms with van der Waals surface area (Å²) in [5.74, 6) is 0.918. The van der Waals surface area contributed by atoms with Gasteiger partial charge in [0.25, 0.3) is 0 Å². The quantitative estimate of drug-likeness (QED) is 0.647. The van der Waals surface area contributed by atoms with Crippen LogP contribution in [-0.2, 0) is 6.54 Å². The number of hydrogen-bond donors (Lipinski definition) is 3. The molecule has 32 heavy (non-hydrogen) atoms. The van der Waals surface area contributed by atoms with Crippen molar-refractivity contribution in [2.75, 3.05) is 44.6 Å². The topological polar surface area (TPSA) is 109 Å². The number of piperazine rings is 1. The summed E-state index contributed by atoms with van der Waals surface area (Å²) in [5, 5.41) is 6.03. The summed E-state index contributed by atoms with van der Waals surface area (Å²) in [6.07, 6.45) is 3.97. The van der Waals surface area contributed by atoms with E-state index in [1.807, 2.05) is 19.1 Å². The Bertz CT molecular complexity index is 967. The first-order valence-electron chi connectivity index (χ1n) is 11.4. The van der Waals surface area contributed by atoms with Crippen LogP contribution >= 0.6 is 0 Å². The van der Waals surface area contributed by atoms with E-state index in [0.29, 0.717) is 19.0 Å². The molecule has 0 aliphatic carbocycles. The zero-order valence-corrected chi connectivity index (χ0v) is 18.7. The average molecular weight is 440 g/mol. The van der Waals surface area contributed by atoms with E-state index < -0.39 is 5.69 Å². The number of benzene rings is 1. The van der Waals surface area contributed by atoms with Gasteiger partial charge in [-0.15, -0.1) is 0 Å². The predicted molar refractivity (Wildman–Crippen MR) is 125 cm³/mol. The minimum atomic E-state index is -0.423. The maximum absolute atomic E-state index is 12.6. The Morgan fingerprint density at radius 2 is 1.94 bits per heavy atom. The van der Waals surface area contributed by atoms with Crippen molar-refractivity contribution < 1.29 is 4.79 Å². The number of likely N-dealkylation sites (tertiary alicyclic amines) is 1. The second-order valence-corrected chi connectivity index (χ2v) is 8.82. The molecule has 0 bridgehead atoms. The normalized spacial score (nSPS) is 20.3. The lowest BCUT2D eigenvalue weighted by atomic mass is 9.97. The van der Waals surface area contributed by atoms with Crippen LogP contribution in [0.3, 0.4) is 0 Å². The number of carbonyl (C=O) groups excluding carboxylic acids is 1. The van der Waals surface area contributed by atoms with E-state index in [4.69, 9.17) is 5.73 Å². The fraction of sp³-hybridized carbons (Fsp3) is 0.522. The summed E-state index contributed by atoms with van der Waals surface area (Å²) in [5.41, 5.74) is 7.33. The first kappa shape index (κ1) is 22.4. The number of nitrogens with two attached hydrogens (primary N) is 1. The van der Waals surface area contributed by atoms with Gasteiger partial charge in [0, 0.05) is 38.4 Å². The molecule has 2 saturated heterocycles. The van der Waals surface area contributed by atoms with E-state index in [-0.39, 0.29) is 17.9 Å². The molecule has 2 amide bonds. The molecule has 0 radical (unpaired) electrons. The molecule has 2 fully saturated rings. The molecule has 9 heteroatoms. The fourth-order valence-electron chi connectivity index (χ4n) is 4.38. The number of hydrogen-bond acceptors (Lipinski definition) is 6. The molecule has 4 N–H and O–H groups in total. The number of nitrogens with zero attached hydrogens (tertiary/aromatic N) is 4. The molecule has 0 unspecified atom stereocenters. The lowest BCUT2D eigenvalue weighted by Crippen LogP contribution is -2.52. The monoisotopic (exact) mass is 439 g/mol. The van der Waals surface area contributed by atoms with Crippen LogP contribution in [0.1, 0.15) is 25.3 Å². The van der Waals surface area contributed by atoms with Gasteiger partial charge in [0.1, 0.15) is 5.82 Å². The maximum atomic E-state index is 12.6. The summed E-state index contributed by atoms with van der Waals surface area (Å²) in [6, 6.07) is 9.65. The molecule has 172 valence electrons. The van der Waals surface area contributed by atoms with Crippen LogP contribution in [0.2, 0.25) is 0 Å². The zero-order chi connectivity index (χ0) is 22.5. The van der Waals surface area contributed by atoms with Crippen LogP contribution in [0.4, 0.5) is 10.6 Å². The number of carbonyl (C=O) groups is 1. The molecule has 1 aromatic carbocycles. The van der Waals surface area contributed by atoms with E-state index in [1.165, 1.54) is 10.1 Å². The molecule has 4 rings (SSSR count). The standard InChI is InChI=1S/C23H33N7O2/c1-17-15-29(13-9-25-17)22(31)26-21-8-12-30(23(32)27-21)20-4-2-19(3-5-20)16-28-10-6-18(14-24)7-11-28/h2-5,8,12,17-18,25H,6-7,9-11,13-16,24H2,1H3,(H,26,27,31,32)/t17-/m1/s1. The minimum Gasteiger partial charge on any atom is -0.330 e. The third-order valence-electron chi connectivity index (χ3n) is 6.36. The Hall–Kier alpha value is -2.75. The molecule has 2 aliphatic heterocycles. The number of anilines is 1. The Morgan fingerprint density at radius 1 is 1.19 bits per heavy atom. The summed E-state index contributed by atoms with van der Waals surface area (Å²) in [7, 11) is 0. The maximum Gasteiger partial charge on any atom is 0.354 e. The second-order valence-electron chi connectivity index (χ2n) is 8.82. The van der Waals surface area contributed by atoms with Gasteiger partial charge in [-0.1, -0.05) is 12.1 Å². The van der Waals surface area contributed by atoms with Gasteiger partial charge in [0.2, 0.25) is 0 Å². The summed E-state index contributed by atoms with van der Waals surface area (Å²) >= 11 is 0. The number of aromatic nitrogens is 2. The minimum absolute atomic E-state index is 0.233. The van der Waals surface area contributed by atoms with Crippen molar-refractivity contribution in [3.05, 3.63) is 52.6 Å². The van der Waals surface area contributed by atoms with E-state index in [1.54, 1.807) is 17.2 Å². The van der Waals surface area contributed by atoms with Crippen molar-refractivity contribution in [1.82, 2.24) is 24.7 Å². The number of amides is 2. The zero-order valence-electron chi connectivity index (χ0n) is 18.7. The third kappa shape index (κ3) is 5.53. The highest BCUT2D eigenvalue weighted by Gasteiger charge is 2.21. The van der Waals surface area contributed by atoms with Crippen LogP contribution in [0.5, 0.6) is 0 Å². The smallest absolute Gasteiger partial charge is 0.330 e. The van der Waals surface area contributed by atoms with Crippen LogP contribution < -0.4 is 22.1 Å². The Morgan fingerprint density at radius 3 is 2.59 bits per heavy atom. The first-order chi connectivity index (χ1) is 15.5. The first-order valence-corrected chi connectivity index (χ1v) is 11.4. The van der Waals surface area contributed by atoms with Crippen molar-refractivity contribution in [3.63, 3.8) is 0 Å². The van der Waals surface area contributed by atoms with Gasteiger partial charge in [-0.05, 0) is 69.1 Å². The van der Waals surface area contributed by atoms with Crippen molar-refractivity contribution in [2.45, 2.75) is 32.4 Å². The summed E-state index contributed by atoms with van der Waals surface area (Å²) < 4.78 is 1.49. The van der Waals surface area contributed by atoms with Gasteiger partial charge in [0.05, 0.1) is 5.69 Å². The van der Waals surface area contributed by atoms with Gasteiger partial charge in [-0.2, -0.15) is 4.98 Å². The van der Waals surface area contributed by atoms with Crippen LogP contribution in [-0.4, -0.2) is 70.7 Å². The third-order valence-corrected chi connectivity index (χ3v) is 6.36. The second kappa shape index (κ2) is 10.2. The highest BCUT2D eigenvalue weighted by molar-refractivity contribution is 5.88. The van der Waals surface area contributed by atoms with Crippen molar-refractivity contribution in [3.8, 4) is 5.69 Å². The van der Waals surface area contributed by atoms with Crippen molar-refractivity contribution in [1.29, 1.82) is 0 Å². The molecular weight excluding hydrogens is 406 g/mol. The molecular formula is C23H33N7O2. The SMILES string of the molecule is C[C@@H]1CN(C(=O)Nc2ccn(-c3ccc(CN4CCC(CN)CC4)cc3)c(=O)n2)CCN1. The van der Waals surface area contributed by atoms with E-state index >= 15 is 0 Å². The number of nitrogens with one attached hydrogen (secondary N) is 2. The number of rotatable bonds is 5. The molecule has 2 aromatic rings. The lowest BCUT2D eigenvalue weighted by molar-refractivity contribution is 0.180. The van der Waals surface area contributed by atoms with E-state index in [2.05, 4.69) is 32.7 Å². The molecule has 1 aromatic heterocycles. The van der Waals surface area contributed by atoms with E-state index in [0.717, 1.165) is 51.3 Å². The predicted octanol–water partition coefficient (Wildman–Crippen LogP) is 1.23. The van der Waals surface area contributed by atoms with Gasteiger partial charge in [-0.25, -0.2) is 9.59 Å². The lowest BCUT2D eigenvalue weighted by Gasteiger charge is -2.31. The fourth-order valence-corrected chi connectivity index (χ4v) is 4.38. The van der Waals surface area contributed by atoms with Gasteiger partial charge >= 0.3 is 11.7 Å². The van der Waals surface area contributed by atoms with E-state index in [9.17, 15) is 9.59 Å². The van der Waals surface area contributed by atoms with Crippen molar-refractivity contribution in [2.24, 2.45) is 11.7 Å². The van der Waals surface area contributed by atoms with Crippen LogP contribution in [0.25, 0.3) is 5.69 Å². The number of piperidine rings is 1. The van der Waals surface area contributed by atoms with Crippen LogP contribution in [0, 0.1) is 5.92 Å². The average Bonchev–Trinajstić information content (AvgIpc) is 2.80. The summed E-state index contributed by atoms with van der Waals surface area (Å²) in [6.45, 7) is 7.88. The largest absolute Gasteiger partial charge is 0.354 e. The van der Waals surface area contributed by atoms with Gasteiger partial charge in [-0.3, -0.25) is 14.8 Å². The molecule has 9 nitrogen and oxygen atoms in total. The Balaban J connectivity index is 1.36.